The minimum absolute atomic E-state index is 0.666. The molecule has 1 heterocycles. The quantitative estimate of drug-likeness (QED) is 0.714. The van der Waals surface area contributed by atoms with Gasteiger partial charge in [-0.05, 0) is 25.8 Å². The predicted octanol–water partition coefficient (Wildman–Crippen LogP) is 1.05. The van der Waals surface area contributed by atoms with Gasteiger partial charge < -0.3 is 10.3 Å². The average Bonchev–Trinajstić information content (AvgIpc) is 2.50. The summed E-state index contributed by atoms with van der Waals surface area (Å²) in [6.45, 7) is 0.666. The van der Waals surface area contributed by atoms with Gasteiger partial charge in [0.2, 0.25) is 0 Å². The van der Waals surface area contributed by atoms with E-state index in [0.717, 1.165) is 30.7 Å². The zero-order valence-corrected chi connectivity index (χ0v) is 7.18. The van der Waals surface area contributed by atoms with Gasteiger partial charge in [0, 0.05) is 18.4 Å². The van der Waals surface area contributed by atoms with Crippen molar-refractivity contribution in [2.45, 2.75) is 32.1 Å². The van der Waals surface area contributed by atoms with Gasteiger partial charge in [-0.2, -0.15) is 0 Å². The molecule has 0 radical (unpaired) electrons. The highest BCUT2D eigenvalue weighted by Gasteiger charge is 2.18. The number of aromatic nitrogens is 1. The Bertz CT molecular complexity index is 267. The van der Waals surface area contributed by atoms with Crippen LogP contribution in [0.2, 0.25) is 0 Å². The molecule has 0 aliphatic heterocycles. The van der Waals surface area contributed by atoms with Crippen LogP contribution in [0.5, 0.6) is 0 Å². The maximum Gasteiger partial charge on any atom is 0.140 e. The minimum atomic E-state index is 0.666. The van der Waals surface area contributed by atoms with E-state index < -0.39 is 0 Å². The van der Waals surface area contributed by atoms with E-state index in [-0.39, 0.29) is 0 Å². The van der Waals surface area contributed by atoms with Crippen molar-refractivity contribution in [3.05, 3.63) is 17.0 Å². The Morgan fingerprint density at radius 3 is 3.00 bits per heavy atom. The molecule has 1 aliphatic rings. The first-order valence-electron chi connectivity index (χ1n) is 4.58. The molecule has 0 atom stereocenters. The topological polar surface area (TPSA) is 52.0 Å². The summed E-state index contributed by atoms with van der Waals surface area (Å²) in [7, 11) is 0. The van der Waals surface area contributed by atoms with Gasteiger partial charge >= 0.3 is 0 Å². The van der Waals surface area contributed by atoms with Crippen LogP contribution in [0.25, 0.3) is 0 Å². The lowest BCUT2D eigenvalue weighted by molar-refractivity contribution is 0.368. The Morgan fingerprint density at radius 2 is 2.17 bits per heavy atom. The summed E-state index contributed by atoms with van der Waals surface area (Å²) in [5, 5.41) is 4.03. The van der Waals surface area contributed by atoms with E-state index in [4.69, 9.17) is 10.3 Å². The summed E-state index contributed by atoms with van der Waals surface area (Å²) in [5.74, 6) is 1.10. The fourth-order valence-electron chi connectivity index (χ4n) is 1.78. The molecule has 0 aromatic carbocycles. The molecule has 0 unspecified atom stereocenters. The first-order valence-corrected chi connectivity index (χ1v) is 4.58. The first-order chi connectivity index (χ1) is 5.92. The van der Waals surface area contributed by atoms with E-state index in [2.05, 4.69) is 5.16 Å². The Morgan fingerprint density at radius 1 is 1.33 bits per heavy atom. The van der Waals surface area contributed by atoms with Crippen LogP contribution in [-0.4, -0.2) is 11.7 Å². The molecule has 66 valence electrons. The van der Waals surface area contributed by atoms with Crippen molar-refractivity contribution in [1.29, 1.82) is 0 Å². The van der Waals surface area contributed by atoms with Crippen molar-refractivity contribution in [3.8, 4) is 0 Å². The van der Waals surface area contributed by atoms with Crippen LogP contribution in [0, 0.1) is 0 Å². The molecule has 0 fully saturated rings. The third-order valence-corrected chi connectivity index (χ3v) is 2.41. The number of aryl methyl sites for hydroxylation is 1. The lowest BCUT2D eigenvalue weighted by Crippen LogP contribution is -2.07. The van der Waals surface area contributed by atoms with Gasteiger partial charge in [-0.25, -0.2) is 0 Å². The molecule has 0 bridgehead atoms. The van der Waals surface area contributed by atoms with Crippen molar-refractivity contribution in [1.82, 2.24) is 5.16 Å². The molecule has 3 heteroatoms. The maximum atomic E-state index is 5.47. The van der Waals surface area contributed by atoms with Crippen LogP contribution in [0.3, 0.4) is 0 Å². The SMILES string of the molecule is NCCc1noc2c1CCCC2. The summed E-state index contributed by atoms with van der Waals surface area (Å²) in [4.78, 5) is 0. The van der Waals surface area contributed by atoms with Gasteiger partial charge in [0.15, 0.2) is 0 Å². The average molecular weight is 166 g/mol. The van der Waals surface area contributed by atoms with E-state index in [1.165, 1.54) is 18.4 Å². The van der Waals surface area contributed by atoms with Crippen LogP contribution in [-0.2, 0) is 19.3 Å². The normalized spacial score (nSPS) is 16.1. The Balaban J connectivity index is 2.25. The van der Waals surface area contributed by atoms with Crippen molar-refractivity contribution in [2.24, 2.45) is 5.73 Å². The molecule has 0 spiro atoms. The highest BCUT2D eigenvalue weighted by atomic mass is 16.5. The monoisotopic (exact) mass is 166 g/mol. The molecule has 0 saturated heterocycles. The molecule has 1 aromatic heterocycles. The molecule has 2 rings (SSSR count). The Hall–Kier alpha value is -0.830. The van der Waals surface area contributed by atoms with Crippen LogP contribution in [0.1, 0.15) is 29.9 Å². The maximum absolute atomic E-state index is 5.47. The second kappa shape index (κ2) is 3.27. The molecule has 3 nitrogen and oxygen atoms in total. The van der Waals surface area contributed by atoms with Crippen molar-refractivity contribution >= 4 is 0 Å². The second-order valence-electron chi connectivity index (χ2n) is 3.28. The lowest BCUT2D eigenvalue weighted by Gasteiger charge is -2.08. The lowest BCUT2D eigenvalue weighted by atomic mass is 9.96. The van der Waals surface area contributed by atoms with Crippen molar-refractivity contribution in [2.75, 3.05) is 6.54 Å². The molecular formula is C9H14N2O. The number of hydrogen-bond acceptors (Lipinski definition) is 3. The summed E-state index contributed by atoms with van der Waals surface area (Å²) in [5.41, 5.74) is 7.90. The van der Waals surface area contributed by atoms with Gasteiger partial charge in [-0.1, -0.05) is 5.16 Å². The largest absolute Gasteiger partial charge is 0.361 e. The van der Waals surface area contributed by atoms with E-state index >= 15 is 0 Å². The van der Waals surface area contributed by atoms with Gasteiger partial charge in [0.25, 0.3) is 0 Å². The first kappa shape index (κ1) is 7.80. The molecule has 0 saturated carbocycles. The number of nitrogens with zero attached hydrogens (tertiary/aromatic N) is 1. The van der Waals surface area contributed by atoms with Crippen LogP contribution in [0.4, 0.5) is 0 Å². The van der Waals surface area contributed by atoms with Gasteiger partial charge in [-0.15, -0.1) is 0 Å². The van der Waals surface area contributed by atoms with Crippen LogP contribution < -0.4 is 5.73 Å². The molecular weight excluding hydrogens is 152 g/mol. The molecule has 1 aliphatic carbocycles. The van der Waals surface area contributed by atoms with Gasteiger partial charge in [-0.3, -0.25) is 0 Å². The summed E-state index contributed by atoms with van der Waals surface area (Å²) < 4.78 is 5.23. The zero-order valence-electron chi connectivity index (χ0n) is 7.18. The van der Waals surface area contributed by atoms with Crippen LogP contribution in [0.15, 0.2) is 4.52 Å². The summed E-state index contributed by atoms with van der Waals surface area (Å²) in [6, 6.07) is 0. The third kappa shape index (κ3) is 1.25. The Kier molecular flexibility index (Phi) is 2.13. The van der Waals surface area contributed by atoms with E-state index in [0.29, 0.717) is 6.54 Å². The molecule has 1 aromatic rings. The van der Waals surface area contributed by atoms with Gasteiger partial charge in [0.05, 0.1) is 5.69 Å². The van der Waals surface area contributed by atoms with E-state index in [1.807, 2.05) is 0 Å². The summed E-state index contributed by atoms with van der Waals surface area (Å²) in [6.07, 6.45) is 5.57. The van der Waals surface area contributed by atoms with E-state index in [9.17, 15) is 0 Å². The number of hydrogen-bond donors (Lipinski definition) is 1. The van der Waals surface area contributed by atoms with Crippen molar-refractivity contribution < 1.29 is 4.52 Å². The number of nitrogens with two attached hydrogens (primary N) is 1. The molecule has 2 N–H and O–H groups in total. The minimum Gasteiger partial charge on any atom is -0.361 e. The van der Waals surface area contributed by atoms with Gasteiger partial charge in [0.1, 0.15) is 5.76 Å². The Labute approximate surface area is 71.9 Å². The molecule has 12 heavy (non-hydrogen) atoms. The standard InChI is InChI=1S/C9H14N2O/c10-6-5-8-7-3-1-2-4-9(7)12-11-8/h1-6,10H2. The van der Waals surface area contributed by atoms with Crippen molar-refractivity contribution in [3.63, 3.8) is 0 Å². The third-order valence-electron chi connectivity index (χ3n) is 2.41. The number of rotatable bonds is 2. The smallest absolute Gasteiger partial charge is 0.140 e. The predicted molar refractivity (Wildman–Crippen MR) is 45.9 cm³/mol. The molecule has 0 amide bonds. The zero-order chi connectivity index (χ0) is 8.39. The van der Waals surface area contributed by atoms with Crippen LogP contribution >= 0.6 is 0 Å². The van der Waals surface area contributed by atoms with E-state index in [1.54, 1.807) is 0 Å². The highest BCUT2D eigenvalue weighted by Crippen LogP contribution is 2.23. The second-order valence-corrected chi connectivity index (χ2v) is 3.28. The fraction of sp³-hybridized carbons (Fsp3) is 0.667. The highest BCUT2D eigenvalue weighted by molar-refractivity contribution is 5.25. The fourth-order valence-corrected chi connectivity index (χ4v) is 1.78. The number of fused-ring (bicyclic) bond motifs is 1. The summed E-state index contributed by atoms with van der Waals surface area (Å²) >= 11 is 0.